The minimum atomic E-state index is -0.529. The van der Waals surface area contributed by atoms with Crippen LogP contribution in [0.2, 0.25) is 0 Å². The Labute approximate surface area is 109 Å². The lowest BCUT2D eigenvalue weighted by atomic mass is 10.3. The standard InChI is InChI=1S/C13H24N2O3/c1-4-15(5-2)12(16)10(3)14-13(17)18-11-8-6-7-9-11/h10-11H,4-9H2,1-3H3,(H,14,17). The van der Waals surface area contributed by atoms with Crippen molar-refractivity contribution in [2.45, 2.75) is 58.6 Å². The number of carbonyl (C=O) groups is 2. The largest absolute Gasteiger partial charge is 0.446 e. The molecule has 1 N–H and O–H groups in total. The highest BCUT2D eigenvalue weighted by Gasteiger charge is 2.23. The van der Waals surface area contributed by atoms with Crippen LogP contribution in [0.1, 0.15) is 46.5 Å². The van der Waals surface area contributed by atoms with Crippen LogP contribution in [-0.2, 0) is 9.53 Å². The summed E-state index contributed by atoms with van der Waals surface area (Å²) in [5, 5.41) is 2.60. The van der Waals surface area contributed by atoms with E-state index >= 15 is 0 Å². The van der Waals surface area contributed by atoms with Gasteiger partial charge in [0.25, 0.3) is 0 Å². The Morgan fingerprint density at radius 3 is 2.33 bits per heavy atom. The minimum Gasteiger partial charge on any atom is -0.446 e. The molecule has 0 aromatic carbocycles. The van der Waals surface area contributed by atoms with Crippen molar-refractivity contribution in [3.05, 3.63) is 0 Å². The lowest BCUT2D eigenvalue weighted by Crippen LogP contribution is -2.47. The van der Waals surface area contributed by atoms with Crippen LogP contribution in [0.15, 0.2) is 0 Å². The maximum absolute atomic E-state index is 11.9. The van der Waals surface area contributed by atoms with Gasteiger partial charge in [0.2, 0.25) is 5.91 Å². The first-order chi connectivity index (χ1) is 8.58. The molecule has 5 heteroatoms. The lowest BCUT2D eigenvalue weighted by Gasteiger charge is -2.23. The highest BCUT2D eigenvalue weighted by Crippen LogP contribution is 2.20. The highest BCUT2D eigenvalue weighted by molar-refractivity contribution is 5.85. The monoisotopic (exact) mass is 256 g/mol. The number of amides is 2. The summed E-state index contributed by atoms with van der Waals surface area (Å²) in [5.74, 6) is -0.0663. The molecular formula is C13H24N2O3. The molecule has 0 heterocycles. The zero-order chi connectivity index (χ0) is 13.5. The topological polar surface area (TPSA) is 58.6 Å². The van der Waals surface area contributed by atoms with Crippen molar-refractivity contribution in [1.82, 2.24) is 10.2 Å². The Balaban J connectivity index is 2.35. The van der Waals surface area contributed by atoms with Gasteiger partial charge >= 0.3 is 6.09 Å². The molecule has 0 spiro atoms. The Morgan fingerprint density at radius 1 is 1.28 bits per heavy atom. The number of rotatable bonds is 5. The third kappa shape index (κ3) is 4.20. The number of hydrogen-bond donors (Lipinski definition) is 1. The second-order valence-electron chi connectivity index (χ2n) is 4.69. The Kier molecular flexibility index (Phi) is 5.95. The van der Waals surface area contributed by atoms with Crippen molar-refractivity contribution in [2.75, 3.05) is 13.1 Å². The number of alkyl carbamates (subject to hydrolysis) is 1. The molecule has 104 valence electrons. The lowest BCUT2D eigenvalue weighted by molar-refractivity contribution is -0.132. The molecule has 1 unspecified atom stereocenters. The van der Waals surface area contributed by atoms with E-state index in [4.69, 9.17) is 4.74 Å². The molecule has 0 aliphatic heterocycles. The van der Waals surface area contributed by atoms with E-state index in [0.29, 0.717) is 13.1 Å². The van der Waals surface area contributed by atoms with Crippen LogP contribution in [0.3, 0.4) is 0 Å². The molecule has 1 rings (SSSR count). The van der Waals surface area contributed by atoms with Gasteiger partial charge in [-0.05, 0) is 46.5 Å². The van der Waals surface area contributed by atoms with Crippen LogP contribution in [0.25, 0.3) is 0 Å². The molecule has 0 saturated heterocycles. The van der Waals surface area contributed by atoms with E-state index in [1.54, 1.807) is 11.8 Å². The first kappa shape index (κ1) is 14.8. The van der Waals surface area contributed by atoms with Gasteiger partial charge in [0, 0.05) is 13.1 Å². The number of nitrogens with one attached hydrogen (secondary N) is 1. The number of carbonyl (C=O) groups excluding carboxylic acids is 2. The molecule has 18 heavy (non-hydrogen) atoms. The van der Waals surface area contributed by atoms with Crippen LogP contribution in [0.4, 0.5) is 4.79 Å². The zero-order valence-corrected chi connectivity index (χ0v) is 11.6. The quantitative estimate of drug-likeness (QED) is 0.817. The van der Waals surface area contributed by atoms with Gasteiger partial charge in [0.15, 0.2) is 0 Å². The summed E-state index contributed by atoms with van der Waals surface area (Å²) < 4.78 is 5.26. The number of hydrogen-bond acceptors (Lipinski definition) is 3. The molecule has 1 fully saturated rings. The van der Waals surface area contributed by atoms with E-state index in [1.807, 2.05) is 13.8 Å². The molecule has 0 bridgehead atoms. The third-order valence-electron chi connectivity index (χ3n) is 3.36. The van der Waals surface area contributed by atoms with Gasteiger partial charge in [0.1, 0.15) is 12.1 Å². The number of ether oxygens (including phenoxy) is 1. The van der Waals surface area contributed by atoms with Gasteiger partial charge in [-0.1, -0.05) is 0 Å². The number of likely N-dealkylation sites (N-methyl/N-ethyl adjacent to an activating group) is 1. The van der Waals surface area contributed by atoms with Crippen LogP contribution < -0.4 is 5.32 Å². The molecule has 0 radical (unpaired) electrons. The summed E-state index contributed by atoms with van der Waals surface area (Å²) in [7, 11) is 0. The summed E-state index contributed by atoms with van der Waals surface area (Å²) in [4.78, 5) is 25.2. The van der Waals surface area contributed by atoms with E-state index in [1.165, 1.54) is 0 Å². The molecule has 0 aromatic heterocycles. The van der Waals surface area contributed by atoms with Gasteiger partial charge in [-0.3, -0.25) is 4.79 Å². The molecule has 0 aromatic rings. The van der Waals surface area contributed by atoms with Crippen LogP contribution in [0.5, 0.6) is 0 Å². The van der Waals surface area contributed by atoms with Gasteiger partial charge < -0.3 is 15.0 Å². The molecule has 1 atom stereocenters. The summed E-state index contributed by atoms with van der Waals surface area (Å²) in [6, 6.07) is -0.529. The van der Waals surface area contributed by atoms with Crippen molar-refractivity contribution in [2.24, 2.45) is 0 Å². The molecule has 2 amide bonds. The van der Waals surface area contributed by atoms with Crippen LogP contribution >= 0.6 is 0 Å². The van der Waals surface area contributed by atoms with E-state index in [9.17, 15) is 9.59 Å². The Bertz CT molecular complexity index is 284. The molecule has 1 aliphatic carbocycles. The fraction of sp³-hybridized carbons (Fsp3) is 0.846. The Morgan fingerprint density at radius 2 is 1.83 bits per heavy atom. The first-order valence-electron chi connectivity index (χ1n) is 6.84. The van der Waals surface area contributed by atoms with E-state index in [2.05, 4.69) is 5.32 Å². The molecular weight excluding hydrogens is 232 g/mol. The van der Waals surface area contributed by atoms with Gasteiger partial charge in [0.05, 0.1) is 0 Å². The van der Waals surface area contributed by atoms with Crippen LogP contribution in [-0.4, -0.2) is 42.1 Å². The predicted octanol–water partition coefficient (Wildman–Crippen LogP) is 1.91. The first-order valence-corrected chi connectivity index (χ1v) is 6.84. The maximum atomic E-state index is 11.9. The maximum Gasteiger partial charge on any atom is 0.408 e. The van der Waals surface area contributed by atoms with Crippen molar-refractivity contribution in [3.8, 4) is 0 Å². The average molecular weight is 256 g/mol. The summed E-state index contributed by atoms with van der Waals surface area (Å²) in [6.07, 6.45) is 3.66. The average Bonchev–Trinajstić information content (AvgIpc) is 2.82. The number of nitrogens with zero attached hydrogens (tertiary/aromatic N) is 1. The van der Waals surface area contributed by atoms with Crippen molar-refractivity contribution >= 4 is 12.0 Å². The predicted molar refractivity (Wildman–Crippen MR) is 69.3 cm³/mol. The normalized spacial score (nSPS) is 17.3. The van der Waals surface area contributed by atoms with Gasteiger partial charge in [-0.15, -0.1) is 0 Å². The fourth-order valence-corrected chi connectivity index (χ4v) is 2.24. The second-order valence-corrected chi connectivity index (χ2v) is 4.69. The zero-order valence-electron chi connectivity index (χ0n) is 11.6. The second kappa shape index (κ2) is 7.24. The smallest absolute Gasteiger partial charge is 0.408 e. The molecule has 1 aliphatic rings. The summed E-state index contributed by atoms with van der Waals surface area (Å²) >= 11 is 0. The van der Waals surface area contributed by atoms with Crippen molar-refractivity contribution in [3.63, 3.8) is 0 Å². The molecule has 1 saturated carbocycles. The third-order valence-corrected chi connectivity index (χ3v) is 3.36. The van der Waals surface area contributed by atoms with E-state index < -0.39 is 12.1 Å². The SMILES string of the molecule is CCN(CC)C(=O)C(C)NC(=O)OC1CCCC1. The van der Waals surface area contributed by atoms with Gasteiger partial charge in [-0.2, -0.15) is 0 Å². The minimum absolute atomic E-state index is 0.0285. The fourth-order valence-electron chi connectivity index (χ4n) is 2.24. The summed E-state index contributed by atoms with van der Waals surface area (Å²) in [6.45, 7) is 6.84. The summed E-state index contributed by atoms with van der Waals surface area (Å²) in [5.41, 5.74) is 0. The van der Waals surface area contributed by atoms with E-state index in [0.717, 1.165) is 25.7 Å². The van der Waals surface area contributed by atoms with Crippen LogP contribution in [0, 0.1) is 0 Å². The van der Waals surface area contributed by atoms with Crippen molar-refractivity contribution < 1.29 is 14.3 Å². The molecule has 5 nitrogen and oxygen atoms in total. The van der Waals surface area contributed by atoms with E-state index in [-0.39, 0.29) is 12.0 Å². The highest BCUT2D eigenvalue weighted by atomic mass is 16.6. The van der Waals surface area contributed by atoms with Crippen molar-refractivity contribution in [1.29, 1.82) is 0 Å². The van der Waals surface area contributed by atoms with Gasteiger partial charge in [-0.25, -0.2) is 4.79 Å². The Hall–Kier alpha value is -1.26.